The van der Waals surface area contributed by atoms with Crippen molar-refractivity contribution in [1.82, 2.24) is 15.3 Å². The van der Waals surface area contributed by atoms with E-state index in [1.807, 2.05) is 0 Å². The zero-order chi connectivity index (χ0) is 15.5. The average molecular weight is 354 g/mol. The molecule has 1 aromatic carbocycles. The summed E-state index contributed by atoms with van der Waals surface area (Å²) in [6, 6.07) is 4.67. The molecule has 0 radical (unpaired) electrons. The van der Waals surface area contributed by atoms with Gasteiger partial charge in [-0.1, -0.05) is 15.9 Å². The summed E-state index contributed by atoms with van der Waals surface area (Å²) in [5.41, 5.74) is 0.962. The minimum Gasteiger partial charge on any atom is -0.421 e. The Kier molecular flexibility index (Phi) is 4.90. The number of halogens is 2. The van der Waals surface area contributed by atoms with Crippen LogP contribution in [-0.4, -0.2) is 15.5 Å². The standard InChI is InChI=1S/C15H17BrFN3O/c1-15(2,3)20-9-10-7-18-14(19-8-10)21-13-5-4-11(16)6-12(13)17/h4-8,20H,9H2,1-3H3. The second-order valence-corrected chi connectivity index (χ2v) is 6.57. The lowest BCUT2D eigenvalue weighted by Crippen LogP contribution is -2.35. The Labute approximate surface area is 131 Å². The minimum absolute atomic E-state index is 0.0235. The Morgan fingerprint density at radius 1 is 1.24 bits per heavy atom. The number of ether oxygens (including phenoxy) is 1. The molecule has 6 heteroatoms. The summed E-state index contributed by atoms with van der Waals surface area (Å²) >= 11 is 3.19. The quantitative estimate of drug-likeness (QED) is 0.900. The van der Waals surface area contributed by atoms with Gasteiger partial charge in [-0.15, -0.1) is 0 Å². The van der Waals surface area contributed by atoms with Gasteiger partial charge in [0.05, 0.1) is 0 Å². The summed E-state index contributed by atoms with van der Waals surface area (Å²) in [6.07, 6.45) is 3.33. The van der Waals surface area contributed by atoms with Crippen molar-refractivity contribution in [3.8, 4) is 11.8 Å². The molecule has 0 aliphatic rings. The van der Waals surface area contributed by atoms with E-state index in [0.717, 1.165) is 5.56 Å². The molecule has 4 nitrogen and oxygen atoms in total. The lowest BCUT2D eigenvalue weighted by atomic mass is 10.1. The molecule has 112 valence electrons. The normalized spacial score (nSPS) is 11.5. The molecular weight excluding hydrogens is 337 g/mol. The van der Waals surface area contributed by atoms with Crippen LogP contribution in [0.25, 0.3) is 0 Å². The van der Waals surface area contributed by atoms with Crippen LogP contribution in [0.15, 0.2) is 35.1 Å². The van der Waals surface area contributed by atoms with Crippen LogP contribution in [0.4, 0.5) is 4.39 Å². The van der Waals surface area contributed by atoms with E-state index in [1.54, 1.807) is 18.5 Å². The van der Waals surface area contributed by atoms with Crippen molar-refractivity contribution in [1.29, 1.82) is 0 Å². The molecular formula is C15H17BrFN3O. The van der Waals surface area contributed by atoms with Crippen LogP contribution in [0.1, 0.15) is 26.3 Å². The number of hydrogen-bond donors (Lipinski definition) is 1. The predicted octanol–water partition coefficient (Wildman–Crippen LogP) is 4.06. The fourth-order valence-corrected chi connectivity index (χ4v) is 1.84. The molecule has 0 aliphatic carbocycles. The summed E-state index contributed by atoms with van der Waals surface area (Å²) in [4.78, 5) is 8.17. The Balaban J connectivity index is 2.02. The van der Waals surface area contributed by atoms with E-state index in [0.29, 0.717) is 11.0 Å². The maximum absolute atomic E-state index is 13.6. The summed E-state index contributed by atoms with van der Waals surface area (Å²) < 4.78 is 19.6. The highest BCUT2D eigenvalue weighted by Crippen LogP contribution is 2.24. The number of benzene rings is 1. The zero-order valence-electron chi connectivity index (χ0n) is 12.2. The maximum atomic E-state index is 13.6. The van der Waals surface area contributed by atoms with Crippen LogP contribution in [0.5, 0.6) is 11.8 Å². The van der Waals surface area contributed by atoms with Crippen molar-refractivity contribution in [2.45, 2.75) is 32.9 Å². The van der Waals surface area contributed by atoms with Gasteiger partial charge in [-0.3, -0.25) is 0 Å². The third-order valence-electron chi connectivity index (χ3n) is 2.60. The van der Waals surface area contributed by atoms with E-state index in [4.69, 9.17) is 4.74 Å². The van der Waals surface area contributed by atoms with Crippen LogP contribution in [0.3, 0.4) is 0 Å². The third kappa shape index (κ3) is 5.06. The van der Waals surface area contributed by atoms with Crippen LogP contribution in [0.2, 0.25) is 0 Å². The zero-order valence-corrected chi connectivity index (χ0v) is 13.7. The van der Waals surface area contributed by atoms with Crippen molar-refractivity contribution in [3.63, 3.8) is 0 Å². The highest BCUT2D eigenvalue weighted by atomic mass is 79.9. The summed E-state index contributed by atoms with van der Waals surface area (Å²) in [7, 11) is 0. The molecule has 1 N–H and O–H groups in total. The summed E-state index contributed by atoms with van der Waals surface area (Å²) in [6.45, 7) is 6.92. The Bertz CT molecular complexity index is 611. The van der Waals surface area contributed by atoms with Gasteiger partial charge in [-0.2, -0.15) is 0 Å². The Morgan fingerprint density at radius 2 is 1.90 bits per heavy atom. The van der Waals surface area contributed by atoms with Crippen LogP contribution >= 0.6 is 15.9 Å². The van der Waals surface area contributed by atoms with Gasteiger partial charge in [0.15, 0.2) is 11.6 Å². The fraction of sp³-hybridized carbons (Fsp3) is 0.333. The van der Waals surface area contributed by atoms with Crippen molar-refractivity contribution in [2.75, 3.05) is 0 Å². The highest BCUT2D eigenvalue weighted by Gasteiger charge is 2.10. The molecule has 0 unspecified atom stereocenters. The topological polar surface area (TPSA) is 47.0 Å². The first-order chi connectivity index (χ1) is 9.83. The molecule has 1 aromatic heterocycles. The van der Waals surface area contributed by atoms with Crippen molar-refractivity contribution in [2.24, 2.45) is 0 Å². The van der Waals surface area contributed by atoms with Gasteiger partial charge in [0.25, 0.3) is 0 Å². The van der Waals surface area contributed by atoms with Gasteiger partial charge in [0, 0.05) is 34.5 Å². The van der Waals surface area contributed by atoms with E-state index in [2.05, 4.69) is 52.0 Å². The monoisotopic (exact) mass is 353 g/mol. The van der Waals surface area contributed by atoms with Gasteiger partial charge < -0.3 is 10.1 Å². The van der Waals surface area contributed by atoms with Gasteiger partial charge in [-0.25, -0.2) is 14.4 Å². The molecule has 1 heterocycles. The maximum Gasteiger partial charge on any atom is 0.321 e. The second-order valence-electron chi connectivity index (χ2n) is 5.65. The minimum atomic E-state index is -0.466. The van der Waals surface area contributed by atoms with Gasteiger partial charge in [0.2, 0.25) is 0 Å². The number of aromatic nitrogens is 2. The van der Waals surface area contributed by atoms with E-state index in [9.17, 15) is 4.39 Å². The molecule has 2 aromatic rings. The Morgan fingerprint density at radius 3 is 2.48 bits per heavy atom. The van der Waals surface area contributed by atoms with Gasteiger partial charge >= 0.3 is 6.01 Å². The Hall–Kier alpha value is -1.53. The first-order valence-electron chi connectivity index (χ1n) is 6.52. The fourth-order valence-electron chi connectivity index (χ4n) is 1.51. The molecule has 0 aliphatic heterocycles. The lowest BCUT2D eigenvalue weighted by molar-refractivity contribution is 0.406. The van der Waals surface area contributed by atoms with Crippen molar-refractivity contribution >= 4 is 15.9 Å². The molecule has 0 saturated carbocycles. The van der Waals surface area contributed by atoms with Crippen LogP contribution in [-0.2, 0) is 6.54 Å². The largest absolute Gasteiger partial charge is 0.421 e. The van der Waals surface area contributed by atoms with E-state index in [1.165, 1.54) is 12.1 Å². The average Bonchev–Trinajstić information content (AvgIpc) is 2.40. The van der Waals surface area contributed by atoms with Crippen LogP contribution in [0, 0.1) is 5.82 Å². The number of nitrogens with zero attached hydrogens (tertiary/aromatic N) is 2. The molecule has 2 rings (SSSR count). The van der Waals surface area contributed by atoms with E-state index >= 15 is 0 Å². The first-order valence-corrected chi connectivity index (χ1v) is 7.32. The number of rotatable bonds is 4. The first kappa shape index (κ1) is 15.9. The number of hydrogen-bond acceptors (Lipinski definition) is 4. The van der Waals surface area contributed by atoms with Gasteiger partial charge in [-0.05, 0) is 39.0 Å². The molecule has 0 saturated heterocycles. The molecule has 0 bridgehead atoms. The summed E-state index contributed by atoms with van der Waals surface area (Å²) in [5, 5.41) is 3.34. The van der Waals surface area contributed by atoms with Crippen molar-refractivity contribution < 1.29 is 9.13 Å². The smallest absolute Gasteiger partial charge is 0.321 e. The van der Waals surface area contributed by atoms with Crippen LogP contribution < -0.4 is 10.1 Å². The van der Waals surface area contributed by atoms with Gasteiger partial charge in [0.1, 0.15) is 0 Å². The molecule has 21 heavy (non-hydrogen) atoms. The third-order valence-corrected chi connectivity index (χ3v) is 3.09. The highest BCUT2D eigenvalue weighted by molar-refractivity contribution is 9.10. The lowest BCUT2D eigenvalue weighted by Gasteiger charge is -2.20. The molecule has 0 fully saturated rings. The molecule has 0 atom stereocenters. The number of nitrogens with one attached hydrogen (secondary N) is 1. The predicted molar refractivity (Wildman–Crippen MR) is 82.8 cm³/mol. The molecule has 0 spiro atoms. The van der Waals surface area contributed by atoms with E-state index < -0.39 is 5.82 Å². The SMILES string of the molecule is CC(C)(C)NCc1cnc(Oc2ccc(Br)cc2F)nc1. The van der Waals surface area contributed by atoms with E-state index in [-0.39, 0.29) is 17.3 Å². The van der Waals surface area contributed by atoms with Crippen molar-refractivity contribution in [3.05, 3.63) is 46.4 Å². The molecule has 0 amide bonds. The second kappa shape index (κ2) is 6.49. The summed E-state index contributed by atoms with van der Waals surface area (Å²) in [5.74, 6) is -0.370.